The second-order valence-electron chi connectivity index (χ2n) is 4.56. The number of carbonyl (C=O) groups excluding carboxylic acids is 1. The Kier molecular flexibility index (Phi) is 3.23. The maximum Gasteiger partial charge on any atom is 0.256 e. The van der Waals surface area contributed by atoms with Gasteiger partial charge < -0.3 is 10.4 Å². The van der Waals surface area contributed by atoms with E-state index in [-0.39, 0.29) is 18.0 Å². The summed E-state index contributed by atoms with van der Waals surface area (Å²) in [6.07, 6.45) is 3.17. The standard InChI is InChI=1S/C14H13N5O2/c1-9-7-17-19(18-9)8-16-14(21)11-5-4-10-3-2-6-15-12(10)13(11)20/h2-7,20H,8H2,1H3,(H,16,21). The van der Waals surface area contributed by atoms with Crippen LogP contribution in [0.3, 0.4) is 0 Å². The van der Waals surface area contributed by atoms with Crippen molar-refractivity contribution in [2.24, 2.45) is 0 Å². The van der Waals surface area contributed by atoms with Gasteiger partial charge in [-0.3, -0.25) is 9.78 Å². The van der Waals surface area contributed by atoms with Crippen LogP contribution in [0.4, 0.5) is 0 Å². The summed E-state index contributed by atoms with van der Waals surface area (Å²) >= 11 is 0. The molecule has 7 heteroatoms. The number of aromatic nitrogens is 4. The summed E-state index contributed by atoms with van der Waals surface area (Å²) in [4.78, 5) is 17.6. The minimum absolute atomic E-state index is 0.129. The predicted octanol–water partition coefficient (Wildman–Crippen LogP) is 1.23. The fourth-order valence-corrected chi connectivity index (χ4v) is 2.01. The highest BCUT2D eigenvalue weighted by molar-refractivity contribution is 6.02. The molecule has 0 unspecified atom stereocenters. The third-order valence-electron chi connectivity index (χ3n) is 3.02. The van der Waals surface area contributed by atoms with Crippen LogP contribution in [0.2, 0.25) is 0 Å². The van der Waals surface area contributed by atoms with Gasteiger partial charge in [-0.25, -0.2) is 0 Å². The number of carbonyl (C=O) groups is 1. The molecular weight excluding hydrogens is 270 g/mol. The first-order valence-corrected chi connectivity index (χ1v) is 6.37. The van der Waals surface area contributed by atoms with Crippen molar-refractivity contribution in [3.63, 3.8) is 0 Å². The van der Waals surface area contributed by atoms with Gasteiger partial charge in [0.2, 0.25) is 0 Å². The third kappa shape index (κ3) is 2.53. The number of hydrogen-bond acceptors (Lipinski definition) is 5. The first-order valence-electron chi connectivity index (χ1n) is 6.37. The monoisotopic (exact) mass is 283 g/mol. The molecule has 0 fully saturated rings. The van der Waals surface area contributed by atoms with E-state index >= 15 is 0 Å². The van der Waals surface area contributed by atoms with Gasteiger partial charge in [0.05, 0.1) is 17.5 Å². The molecule has 7 nitrogen and oxygen atoms in total. The van der Waals surface area contributed by atoms with E-state index in [0.29, 0.717) is 5.52 Å². The smallest absolute Gasteiger partial charge is 0.256 e. The zero-order chi connectivity index (χ0) is 14.8. The van der Waals surface area contributed by atoms with E-state index < -0.39 is 5.91 Å². The van der Waals surface area contributed by atoms with Crippen LogP contribution < -0.4 is 5.32 Å². The lowest BCUT2D eigenvalue weighted by Crippen LogP contribution is -2.27. The Bertz CT molecular complexity index is 812. The van der Waals surface area contributed by atoms with Gasteiger partial charge in [0.1, 0.15) is 12.2 Å². The molecule has 0 spiro atoms. The normalized spacial score (nSPS) is 10.7. The minimum atomic E-state index is -0.407. The Morgan fingerprint density at radius 2 is 2.24 bits per heavy atom. The first-order chi connectivity index (χ1) is 10.1. The summed E-state index contributed by atoms with van der Waals surface area (Å²) in [5.41, 5.74) is 1.34. The molecule has 0 saturated heterocycles. The molecule has 106 valence electrons. The maximum atomic E-state index is 12.1. The highest BCUT2D eigenvalue weighted by Gasteiger charge is 2.14. The number of hydrogen-bond donors (Lipinski definition) is 2. The number of benzene rings is 1. The van der Waals surface area contributed by atoms with Crippen molar-refractivity contribution >= 4 is 16.8 Å². The lowest BCUT2D eigenvalue weighted by Gasteiger charge is -2.08. The van der Waals surface area contributed by atoms with Crippen LogP contribution in [0.15, 0.2) is 36.7 Å². The van der Waals surface area contributed by atoms with Crippen molar-refractivity contribution in [3.05, 3.63) is 47.9 Å². The number of phenolic OH excluding ortho intramolecular Hbond substituents is 1. The van der Waals surface area contributed by atoms with Crippen LogP contribution in [0.25, 0.3) is 10.9 Å². The van der Waals surface area contributed by atoms with Gasteiger partial charge in [-0.2, -0.15) is 15.0 Å². The molecule has 0 radical (unpaired) electrons. The van der Waals surface area contributed by atoms with Crippen LogP contribution >= 0.6 is 0 Å². The molecule has 21 heavy (non-hydrogen) atoms. The zero-order valence-electron chi connectivity index (χ0n) is 11.3. The van der Waals surface area contributed by atoms with E-state index in [4.69, 9.17) is 0 Å². The molecule has 0 aliphatic rings. The highest BCUT2D eigenvalue weighted by Crippen LogP contribution is 2.26. The number of pyridine rings is 1. The number of aromatic hydroxyl groups is 1. The molecule has 0 aliphatic carbocycles. The number of rotatable bonds is 3. The lowest BCUT2D eigenvalue weighted by molar-refractivity contribution is 0.0934. The fraction of sp³-hybridized carbons (Fsp3) is 0.143. The minimum Gasteiger partial charge on any atom is -0.505 e. The second-order valence-corrected chi connectivity index (χ2v) is 4.56. The predicted molar refractivity (Wildman–Crippen MR) is 75.6 cm³/mol. The molecule has 3 aromatic rings. The summed E-state index contributed by atoms with van der Waals surface area (Å²) in [6, 6.07) is 6.90. The number of aryl methyl sites for hydroxylation is 1. The molecule has 0 saturated carbocycles. The molecule has 0 atom stereocenters. The summed E-state index contributed by atoms with van der Waals surface area (Å²) in [5.74, 6) is -0.537. The van der Waals surface area contributed by atoms with Crippen LogP contribution in [0.5, 0.6) is 5.75 Å². The number of fused-ring (bicyclic) bond motifs is 1. The lowest BCUT2D eigenvalue weighted by atomic mass is 10.1. The van der Waals surface area contributed by atoms with E-state index in [1.165, 1.54) is 4.80 Å². The van der Waals surface area contributed by atoms with E-state index in [2.05, 4.69) is 20.5 Å². The quantitative estimate of drug-likeness (QED) is 0.754. The average Bonchev–Trinajstić information content (AvgIpc) is 2.91. The van der Waals surface area contributed by atoms with Crippen LogP contribution in [0.1, 0.15) is 16.1 Å². The molecule has 0 aliphatic heterocycles. The topological polar surface area (TPSA) is 92.9 Å². The van der Waals surface area contributed by atoms with Crippen LogP contribution in [0, 0.1) is 6.92 Å². The summed E-state index contributed by atoms with van der Waals surface area (Å²) in [5, 5.41) is 21.6. The fourth-order valence-electron chi connectivity index (χ4n) is 2.01. The van der Waals surface area contributed by atoms with Gasteiger partial charge in [0, 0.05) is 11.6 Å². The van der Waals surface area contributed by atoms with Crippen LogP contribution in [-0.4, -0.2) is 31.0 Å². The van der Waals surface area contributed by atoms with Gasteiger partial charge in [-0.05, 0) is 19.1 Å². The molecule has 2 heterocycles. The van der Waals surface area contributed by atoms with E-state index in [1.807, 2.05) is 13.0 Å². The van der Waals surface area contributed by atoms with Gasteiger partial charge in [-0.1, -0.05) is 12.1 Å². The van der Waals surface area contributed by atoms with Gasteiger partial charge >= 0.3 is 0 Å². The van der Waals surface area contributed by atoms with Crippen molar-refractivity contribution in [1.29, 1.82) is 0 Å². The van der Waals surface area contributed by atoms with Gasteiger partial charge in [0.15, 0.2) is 5.75 Å². The first kappa shape index (κ1) is 13.0. The highest BCUT2D eigenvalue weighted by atomic mass is 16.3. The van der Waals surface area contributed by atoms with Crippen molar-refractivity contribution in [3.8, 4) is 5.75 Å². The molecule has 2 aromatic heterocycles. The van der Waals surface area contributed by atoms with E-state index in [0.717, 1.165) is 11.1 Å². The Morgan fingerprint density at radius 1 is 1.38 bits per heavy atom. The molecule has 1 amide bonds. The average molecular weight is 283 g/mol. The second kappa shape index (κ2) is 5.20. The van der Waals surface area contributed by atoms with E-state index in [9.17, 15) is 9.90 Å². The van der Waals surface area contributed by atoms with Crippen molar-refractivity contribution in [2.45, 2.75) is 13.6 Å². The van der Waals surface area contributed by atoms with Gasteiger partial charge in [0.25, 0.3) is 5.91 Å². The number of nitrogens with zero attached hydrogens (tertiary/aromatic N) is 4. The molecule has 2 N–H and O–H groups in total. The van der Waals surface area contributed by atoms with Gasteiger partial charge in [-0.15, -0.1) is 0 Å². The Labute approximate surface area is 120 Å². The SMILES string of the molecule is Cc1cnn(CNC(=O)c2ccc3cccnc3c2O)n1. The molecule has 3 rings (SSSR count). The molecular formula is C14H13N5O2. The number of amides is 1. The largest absolute Gasteiger partial charge is 0.505 e. The van der Waals surface area contributed by atoms with Crippen molar-refractivity contribution < 1.29 is 9.90 Å². The van der Waals surface area contributed by atoms with Crippen molar-refractivity contribution in [1.82, 2.24) is 25.3 Å². The summed E-state index contributed by atoms with van der Waals surface area (Å²) in [7, 11) is 0. The number of phenols is 1. The third-order valence-corrected chi connectivity index (χ3v) is 3.02. The van der Waals surface area contributed by atoms with E-state index in [1.54, 1.807) is 30.6 Å². The Balaban J connectivity index is 1.82. The van der Waals surface area contributed by atoms with Crippen molar-refractivity contribution in [2.75, 3.05) is 0 Å². The number of nitrogens with one attached hydrogen (secondary N) is 1. The van der Waals surface area contributed by atoms with Crippen LogP contribution in [-0.2, 0) is 6.67 Å². The maximum absolute atomic E-state index is 12.1. The Morgan fingerprint density at radius 3 is 3.00 bits per heavy atom. The Hall–Kier alpha value is -2.96. The molecule has 0 bridgehead atoms. The summed E-state index contributed by atoms with van der Waals surface area (Å²) < 4.78 is 0. The molecule has 1 aromatic carbocycles. The zero-order valence-corrected chi connectivity index (χ0v) is 11.3. The summed E-state index contributed by atoms with van der Waals surface area (Å²) in [6.45, 7) is 1.94.